The smallest absolute Gasteiger partial charge is 0.280 e. The summed E-state index contributed by atoms with van der Waals surface area (Å²) in [5.41, 5.74) is 16.4. The van der Waals surface area contributed by atoms with Crippen molar-refractivity contribution in [3.05, 3.63) is 10.8 Å². The summed E-state index contributed by atoms with van der Waals surface area (Å²) >= 11 is 5.70. The Morgan fingerprint density at radius 1 is 1.32 bits per heavy atom. The standard InChI is InChI=1S/C12H20ClN7O2/c1-2-5-22-6-3-4-17-12(16)20-11(21)7-9(14)19-10(15)8(13)18-7/h2-6H2,1H3,(H4,14,15,19)(H3,16,17,20,21). The maximum atomic E-state index is 11.9. The molecular formula is C12H20ClN7O2. The molecule has 0 atom stereocenters. The summed E-state index contributed by atoms with van der Waals surface area (Å²) in [6.07, 6.45) is 1.67. The van der Waals surface area contributed by atoms with Crippen molar-refractivity contribution in [2.24, 2.45) is 10.7 Å². The molecule has 1 aromatic rings. The minimum absolute atomic E-state index is 0.0466. The number of aliphatic imine (C=N–C) groups is 1. The van der Waals surface area contributed by atoms with Crippen molar-refractivity contribution in [3.8, 4) is 0 Å². The van der Waals surface area contributed by atoms with Crippen LogP contribution in [0.3, 0.4) is 0 Å². The van der Waals surface area contributed by atoms with Gasteiger partial charge in [-0.25, -0.2) is 9.97 Å². The zero-order valence-electron chi connectivity index (χ0n) is 12.3. The number of nitrogens with two attached hydrogens (primary N) is 3. The fraction of sp³-hybridized carbons (Fsp3) is 0.500. The van der Waals surface area contributed by atoms with Gasteiger partial charge in [-0.3, -0.25) is 15.1 Å². The molecule has 122 valence electrons. The number of carbonyl (C=O) groups excluding carboxylic acids is 1. The lowest BCUT2D eigenvalue weighted by molar-refractivity contribution is 0.0972. The van der Waals surface area contributed by atoms with Gasteiger partial charge in [0.1, 0.15) is 0 Å². The van der Waals surface area contributed by atoms with E-state index in [4.69, 9.17) is 33.5 Å². The lowest BCUT2D eigenvalue weighted by Crippen LogP contribution is -2.38. The van der Waals surface area contributed by atoms with Crippen molar-refractivity contribution in [3.63, 3.8) is 0 Å². The third-order valence-electron chi connectivity index (χ3n) is 2.44. The Morgan fingerprint density at radius 3 is 2.73 bits per heavy atom. The number of aromatic nitrogens is 2. The number of hydrogen-bond acceptors (Lipinski definition) is 7. The molecule has 0 fully saturated rings. The summed E-state index contributed by atoms with van der Waals surface area (Å²) in [5.74, 6) is -0.894. The summed E-state index contributed by atoms with van der Waals surface area (Å²) in [7, 11) is 0. The van der Waals surface area contributed by atoms with Crippen molar-refractivity contribution in [1.29, 1.82) is 0 Å². The number of amides is 1. The lowest BCUT2D eigenvalue weighted by atomic mass is 10.4. The fourth-order valence-electron chi connectivity index (χ4n) is 1.44. The molecule has 0 aliphatic carbocycles. The molecule has 0 unspecified atom stereocenters. The van der Waals surface area contributed by atoms with Crippen LogP contribution in [0.5, 0.6) is 0 Å². The van der Waals surface area contributed by atoms with Crippen molar-refractivity contribution in [2.75, 3.05) is 31.2 Å². The summed E-state index contributed by atoms with van der Waals surface area (Å²) < 4.78 is 5.30. The van der Waals surface area contributed by atoms with Crippen molar-refractivity contribution in [2.45, 2.75) is 19.8 Å². The molecule has 0 radical (unpaired) electrons. The molecule has 1 aromatic heterocycles. The predicted octanol–water partition coefficient (Wildman–Crippen LogP) is 0.156. The number of carbonyl (C=O) groups is 1. The molecular weight excluding hydrogens is 310 g/mol. The SMILES string of the molecule is CCCOCCCN=C(N)NC(=O)c1nc(Cl)c(N)nc1N. The van der Waals surface area contributed by atoms with Gasteiger partial charge in [-0.05, 0) is 12.8 Å². The molecule has 7 N–H and O–H groups in total. The van der Waals surface area contributed by atoms with E-state index in [-0.39, 0.29) is 28.4 Å². The first kappa shape index (κ1) is 17.9. The van der Waals surface area contributed by atoms with E-state index in [9.17, 15) is 4.79 Å². The van der Waals surface area contributed by atoms with Gasteiger partial charge in [0, 0.05) is 19.8 Å². The largest absolute Gasteiger partial charge is 0.382 e. The average Bonchev–Trinajstić information content (AvgIpc) is 2.46. The van der Waals surface area contributed by atoms with Crippen LogP contribution in [0.25, 0.3) is 0 Å². The number of hydrogen-bond donors (Lipinski definition) is 4. The molecule has 1 amide bonds. The normalized spacial score (nSPS) is 11.5. The van der Waals surface area contributed by atoms with Gasteiger partial charge >= 0.3 is 0 Å². The van der Waals surface area contributed by atoms with Gasteiger partial charge in [-0.1, -0.05) is 18.5 Å². The van der Waals surface area contributed by atoms with Gasteiger partial charge in [-0.2, -0.15) is 0 Å². The highest BCUT2D eigenvalue weighted by Crippen LogP contribution is 2.16. The number of halogens is 1. The maximum absolute atomic E-state index is 11.9. The summed E-state index contributed by atoms with van der Waals surface area (Å²) in [6.45, 7) is 3.76. The van der Waals surface area contributed by atoms with E-state index in [0.717, 1.165) is 6.42 Å². The van der Waals surface area contributed by atoms with Gasteiger partial charge in [0.15, 0.2) is 28.4 Å². The van der Waals surface area contributed by atoms with Crippen LogP contribution < -0.4 is 22.5 Å². The second-order valence-electron chi connectivity index (χ2n) is 4.32. The summed E-state index contributed by atoms with van der Waals surface area (Å²) in [4.78, 5) is 23.4. The topological polar surface area (TPSA) is 155 Å². The quantitative estimate of drug-likeness (QED) is 0.315. The first-order valence-corrected chi connectivity index (χ1v) is 7.11. The number of nitrogens with zero attached hydrogens (tertiary/aromatic N) is 3. The monoisotopic (exact) mass is 329 g/mol. The molecule has 1 rings (SSSR count). The highest BCUT2D eigenvalue weighted by Gasteiger charge is 2.16. The van der Waals surface area contributed by atoms with Crippen LogP contribution in [0.15, 0.2) is 4.99 Å². The molecule has 22 heavy (non-hydrogen) atoms. The first-order valence-electron chi connectivity index (χ1n) is 6.73. The fourth-order valence-corrected chi connectivity index (χ4v) is 1.56. The van der Waals surface area contributed by atoms with E-state index >= 15 is 0 Å². The van der Waals surface area contributed by atoms with Crippen LogP contribution in [-0.4, -0.2) is 41.6 Å². The molecule has 9 nitrogen and oxygen atoms in total. The summed E-state index contributed by atoms with van der Waals surface area (Å²) in [5, 5.41) is 2.24. The Kier molecular flexibility index (Phi) is 7.33. The van der Waals surface area contributed by atoms with Gasteiger partial charge in [0.2, 0.25) is 0 Å². The van der Waals surface area contributed by atoms with Crippen LogP contribution in [-0.2, 0) is 4.74 Å². The van der Waals surface area contributed by atoms with Gasteiger partial charge < -0.3 is 21.9 Å². The number of ether oxygens (including phenoxy) is 1. The second-order valence-corrected chi connectivity index (χ2v) is 4.68. The number of guanidine groups is 1. The Bertz CT molecular complexity index is 551. The zero-order valence-corrected chi connectivity index (χ0v) is 13.1. The molecule has 1 heterocycles. The molecule has 0 saturated carbocycles. The summed E-state index contributed by atoms with van der Waals surface area (Å²) in [6, 6.07) is 0. The third-order valence-corrected chi connectivity index (χ3v) is 2.72. The molecule has 0 aromatic carbocycles. The third kappa shape index (κ3) is 5.70. The van der Waals surface area contributed by atoms with Crippen LogP contribution in [0.4, 0.5) is 11.6 Å². The molecule has 0 aliphatic heterocycles. The van der Waals surface area contributed by atoms with Crippen molar-refractivity contribution < 1.29 is 9.53 Å². The van der Waals surface area contributed by atoms with Crippen molar-refractivity contribution >= 4 is 35.1 Å². The van der Waals surface area contributed by atoms with E-state index in [1.807, 2.05) is 6.92 Å². The first-order chi connectivity index (χ1) is 10.5. The van der Waals surface area contributed by atoms with Gasteiger partial charge in [0.25, 0.3) is 5.91 Å². The number of nitrogens with one attached hydrogen (secondary N) is 1. The number of nitrogen functional groups attached to an aromatic ring is 2. The van der Waals surface area contributed by atoms with E-state index in [1.54, 1.807) is 0 Å². The van der Waals surface area contributed by atoms with E-state index in [1.165, 1.54) is 0 Å². The Morgan fingerprint density at radius 2 is 2.05 bits per heavy atom. The van der Waals surface area contributed by atoms with Crippen LogP contribution in [0.1, 0.15) is 30.3 Å². The van der Waals surface area contributed by atoms with E-state index in [0.29, 0.717) is 26.2 Å². The minimum Gasteiger partial charge on any atom is -0.382 e. The number of anilines is 2. The van der Waals surface area contributed by atoms with E-state index < -0.39 is 5.91 Å². The van der Waals surface area contributed by atoms with Crippen LogP contribution >= 0.6 is 11.6 Å². The van der Waals surface area contributed by atoms with Crippen LogP contribution in [0, 0.1) is 0 Å². The van der Waals surface area contributed by atoms with Gasteiger partial charge in [0.05, 0.1) is 0 Å². The Labute approximate surface area is 133 Å². The zero-order chi connectivity index (χ0) is 16.5. The highest BCUT2D eigenvalue weighted by molar-refractivity contribution is 6.31. The Hall–Kier alpha value is -2.13. The van der Waals surface area contributed by atoms with Crippen molar-refractivity contribution in [1.82, 2.24) is 15.3 Å². The number of rotatable bonds is 7. The van der Waals surface area contributed by atoms with E-state index in [2.05, 4.69) is 20.3 Å². The average molecular weight is 330 g/mol. The molecule has 0 saturated heterocycles. The molecule has 0 bridgehead atoms. The van der Waals surface area contributed by atoms with Gasteiger partial charge in [-0.15, -0.1) is 0 Å². The molecule has 0 spiro atoms. The highest BCUT2D eigenvalue weighted by atomic mass is 35.5. The second kappa shape index (κ2) is 9.00. The predicted molar refractivity (Wildman–Crippen MR) is 85.5 cm³/mol. The molecule has 0 aliphatic rings. The maximum Gasteiger partial charge on any atom is 0.280 e. The Balaban J connectivity index is 2.52. The molecule has 10 heteroatoms. The lowest BCUT2D eigenvalue weighted by Gasteiger charge is -2.07. The van der Waals surface area contributed by atoms with Crippen LogP contribution in [0.2, 0.25) is 5.15 Å². The minimum atomic E-state index is -0.657.